The number of anilines is 1. The summed E-state index contributed by atoms with van der Waals surface area (Å²) in [7, 11) is 4.69. The summed E-state index contributed by atoms with van der Waals surface area (Å²) in [5, 5.41) is 6.38. The van der Waals surface area contributed by atoms with Crippen LogP contribution in [0.15, 0.2) is 65.0 Å². The summed E-state index contributed by atoms with van der Waals surface area (Å²) < 4.78 is 16.7. The Labute approximate surface area is 206 Å². The smallest absolute Gasteiger partial charge is 0.254 e. The Morgan fingerprint density at radius 3 is 2.34 bits per heavy atom. The van der Waals surface area contributed by atoms with Gasteiger partial charge >= 0.3 is 0 Å². The molecule has 0 fully saturated rings. The number of para-hydroxylation sites is 3. The van der Waals surface area contributed by atoms with E-state index in [0.717, 1.165) is 5.70 Å². The van der Waals surface area contributed by atoms with Crippen LogP contribution in [0, 0.1) is 5.41 Å². The first-order valence-electron chi connectivity index (χ1n) is 11.6. The van der Waals surface area contributed by atoms with E-state index in [-0.39, 0.29) is 17.1 Å². The maximum absolute atomic E-state index is 13.8. The molecule has 1 aliphatic carbocycles. The molecule has 2 aromatic rings. The second-order valence-corrected chi connectivity index (χ2v) is 9.67. The van der Waals surface area contributed by atoms with Crippen LogP contribution in [-0.2, 0) is 9.59 Å². The normalized spacial score (nSPS) is 19.0. The molecule has 1 heterocycles. The highest BCUT2D eigenvalue weighted by atomic mass is 16.5. The molecule has 1 amide bonds. The lowest BCUT2D eigenvalue weighted by Crippen LogP contribution is -2.39. The number of hydrogen-bond acceptors (Lipinski definition) is 6. The minimum atomic E-state index is -0.616. The fourth-order valence-electron chi connectivity index (χ4n) is 5.12. The van der Waals surface area contributed by atoms with Crippen molar-refractivity contribution in [1.29, 1.82) is 0 Å². The van der Waals surface area contributed by atoms with Gasteiger partial charge in [-0.3, -0.25) is 9.59 Å². The van der Waals surface area contributed by atoms with Gasteiger partial charge in [0, 0.05) is 34.5 Å². The average molecular weight is 477 g/mol. The summed E-state index contributed by atoms with van der Waals surface area (Å²) in [5.74, 6) is 0.675. The van der Waals surface area contributed by atoms with Crippen molar-refractivity contribution in [2.75, 3.05) is 26.6 Å². The van der Waals surface area contributed by atoms with E-state index in [9.17, 15) is 9.59 Å². The summed E-state index contributed by atoms with van der Waals surface area (Å²) >= 11 is 0. The van der Waals surface area contributed by atoms with E-state index in [4.69, 9.17) is 14.2 Å². The van der Waals surface area contributed by atoms with Gasteiger partial charge < -0.3 is 24.8 Å². The van der Waals surface area contributed by atoms with Crippen molar-refractivity contribution in [2.45, 2.75) is 39.5 Å². The van der Waals surface area contributed by atoms with E-state index >= 15 is 0 Å². The second kappa shape index (κ2) is 9.49. The van der Waals surface area contributed by atoms with Gasteiger partial charge in [0.15, 0.2) is 17.3 Å². The number of benzene rings is 2. The number of nitrogens with one attached hydrogen (secondary N) is 2. The van der Waals surface area contributed by atoms with Gasteiger partial charge in [-0.15, -0.1) is 0 Å². The number of ketones is 1. The fourth-order valence-corrected chi connectivity index (χ4v) is 5.12. The first-order valence-corrected chi connectivity index (χ1v) is 11.6. The Hall–Kier alpha value is -3.74. The lowest BCUT2D eigenvalue weighted by Gasteiger charge is -2.40. The molecular formula is C28H32N2O5. The van der Waals surface area contributed by atoms with Crippen molar-refractivity contribution in [1.82, 2.24) is 5.32 Å². The van der Waals surface area contributed by atoms with Crippen LogP contribution < -0.4 is 24.8 Å². The number of Topliss-reactive ketones (excluding diaryl/α,β-unsaturated/α-hetero) is 1. The molecule has 0 saturated carbocycles. The Balaban J connectivity index is 1.89. The molecule has 0 bridgehead atoms. The predicted molar refractivity (Wildman–Crippen MR) is 135 cm³/mol. The number of allylic oxidation sites excluding steroid dienone is 3. The highest BCUT2D eigenvalue weighted by Crippen LogP contribution is 2.50. The second-order valence-electron chi connectivity index (χ2n) is 9.67. The molecule has 184 valence electrons. The number of amides is 1. The van der Waals surface area contributed by atoms with Crippen molar-refractivity contribution < 1.29 is 23.8 Å². The number of carbonyl (C=O) groups excluding carboxylic acids is 2. The maximum Gasteiger partial charge on any atom is 0.254 e. The monoisotopic (exact) mass is 476 g/mol. The van der Waals surface area contributed by atoms with Gasteiger partial charge in [0.25, 0.3) is 5.91 Å². The highest BCUT2D eigenvalue weighted by molar-refractivity contribution is 6.10. The molecule has 7 heteroatoms. The van der Waals surface area contributed by atoms with Gasteiger partial charge in [0.1, 0.15) is 5.75 Å². The molecule has 0 radical (unpaired) electrons. The molecule has 7 nitrogen and oxygen atoms in total. The van der Waals surface area contributed by atoms with Crippen molar-refractivity contribution in [3.8, 4) is 17.2 Å². The van der Waals surface area contributed by atoms with Crippen LogP contribution in [0.1, 0.15) is 45.1 Å². The minimum Gasteiger partial charge on any atom is -0.495 e. The Bertz CT molecular complexity index is 1240. The number of carbonyl (C=O) groups is 2. The van der Waals surface area contributed by atoms with Crippen molar-refractivity contribution in [3.05, 3.63) is 70.6 Å². The molecule has 0 saturated heterocycles. The summed E-state index contributed by atoms with van der Waals surface area (Å²) in [4.78, 5) is 27.4. The molecule has 2 aliphatic rings. The van der Waals surface area contributed by atoms with Gasteiger partial charge in [-0.1, -0.05) is 38.1 Å². The quantitative estimate of drug-likeness (QED) is 0.613. The third-order valence-electron chi connectivity index (χ3n) is 6.58. The molecule has 1 aliphatic heterocycles. The average Bonchev–Trinajstić information content (AvgIpc) is 2.81. The molecule has 2 aromatic carbocycles. The minimum absolute atomic E-state index is 0.0220. The molecule has 0 unspecified atom stereocenters. The van der Waals surface area contributed by atoms with Gasteiger partial charge in [0.2, 0.25) is 0 Å². The van der Waals surface area contributed by atoms with Crippen LogP contribution in [0.4, 0.5) is 5.69 Å². The van der Waals surface area contributed by atoms with Crippen LogP contribution in [0.25, 0.3) is 0 Å². The van der Waals surface area contributed by atoms with Crippen molar-refractivity contribution >= 4 is 17.4 Å². The molecule has 0 aromatic heterocycles. The van der Waals surface area contributed by atoms with Gasteiger partial charge in [-0.25, -0.2) is 0 Å². The third kappa shape index (κ3) is 4.50. The molecular weight excluding hydrogens is 444 g/mol. The molecule has 2 N–H and O–H groups in total. The van der Waals surface area contributed by atoms with E-state index in [0.29, 0.717) is 58.2 Å². The molecule has 35 heavy (non-hydrogen) atoms. The van der Waals surface area contributed by atoms with Crippen molar-refractivity contribution in [2.24, 2.45) is 5.41 Å². The zero-order valence-electron chi connectivity index (χ0n) is 21.1. The standard InChI is InChI=1S/C28H32N2O5/c1-16-23(27(32)30-18-11-7-8-12-21(18)33-4)24(17-10-9-13-22(34-5)26(17)35-6)25-19(29-16)14-28(2,3)15-20(25)31/h7-13,24,29H,14-15H2,1-6H3,(H,30,32)/t24-/m1/s1. The number of hydrogen-bond donors (Lipinski definition) is 2. The number of methoxy groups -OCH3 is 3. The Kier molecular flexibility index (Phi) is 6.61. The maximum atomic E-state index is 13.8. The summed E-state index contributed by atoms with van der Waals surface area (Å²) in [6, 6.07) is 12.8. The van der Waals surface area contributed by atoms with E-state index in [1.165, 1.54) is 0 Å². The van der Waals surface area contributed by atoms with Crippen LogP contribution in [0.5, 0.6) is 17.2 Å². The SMILES string of the molecule is COc1ccccc1NC(=O)C1=C(C)NC2=C(C(=O)CC(C)(C)C2)[C@@H]1c1cccc(OC)c1OC. The number of ether oxygens (including phenoxy) is 3. The van der Waals surface area contributed by atoms with Gasteiger partial charge in [-0.05, 0) is 37.0 Å². The Morgan fingerprint density at radius 1 is 0.971 bits per heavy atom. The first-order chi connectivity index (χ1) is 16.7. The predicted octanol–water partition coefficient (Wildman–Crippen LogP) is 4.96. The molecule has 0 spiro atoms. The van der Waals surface area contributed by atoms with E-state index in [2.05, 4.69) is 24.5 Å². The number of dihydropyridines is 1. The lowest BCUT2D eigenvalue weighted by atomic mass is 9.68. The molecule has 4 rings (SSSR count). The zero-order chi connectivity index (χ0) is 25.3. The van der Waals surface area contributed by atoms with Crippen LogP contribution in [-0.4, -0.2) is 33.0 Å². The van der Waals surface area contributed by atoms with Crippen LogP contribution in [0.3, 0.4) is 0 Å². The van der Waals surface area contributed by atoms with E-state index in [1.807, 2.05) is 31.2 Å². The zero-order valence-corrected chi connectivity index (χ0v) is 21.1. The molecule has 1 atom stereocenters. The van der Waals surface area contributed by atoms with Gasteiger partial charge in [0.05, 0.1) is 32.9 Å². The van der Waals surface area contributed by atoms with Crippen LogP contribution in [0.2, 0.25) is 0 Å². The number of rotatable bonds is 6. The summed E-state index contributed by atoms with van der Waals surface area (Å²) in [5.41, 5.74) is 3.68. The fraction of sp³-hybridized carbons (Fsp3) is 0.357. The van der Waals surface area contributed by atoms with Crippen LogP contribution >= 0.6 is 0 Å². The van der Waals surface area contributed by atoms with E-state index in [1.54, 1.807) is 39.5 Å². The largest absolute Gasteiger partial charge is 0.495 e. The summed E-state index contributed by atoms with van der Waals surface area (Å²) in [6.07, 6.45) is 1.10. The highest BCUT2D eigenvalue weighted by Gasteiger charge is 2.44. The topological polar surface area (TPSA) is 85.9 Å². The van der Waals surface area contributed by atoms with E-state index < -0.39 is 5.92 Å². The summed E-state index contributed by atoms with van der Waals surface area (Å²) in [6.45, 7) is 6.04. The third-order valence-corrected chi connectivity index (χ3v) is 6.58. The Morgan fingerprint density at radius 2 is 1.66 bits per heavy atom. The van der Waals surface area contributed by atoms with Gasteiger partial charge in [-0.2, -0.15) is 0 Å². The first kappa shape index (κ1) is 24.4. The van der Waals surface area contributed by atoms with Crippen molar-refractivity contribution in [3.63, 3.8) is 0 Å². The lowest BCUT2D eigenvalue weighted by molar-refractivity contribution is -0.118.